The van der Waals surface area contributed by atoms with Gasteiger partial charge in [-0.1, -0.05) is 53.4 Å². The van der Waals surface area contributed by atoms with Crippen LogP contribution in [0.15, 0.2) is 0 Å². The standard InChI is InChI=1S/C13H26OS/c1-5-6-7-8-9-10-15-11-12(14)13(2,3)4/h5-11H2,1-4H3. The third-order valence-electron chi connectivity index (χ3n) is 2.46. The van der Waals surface area contributed by atoms with Gasteiger partial charge in [-0.15, -0.1) is 0 Å². The molecule has 0 aromatic carbocycles. The molecule has 0 atom stereocenters. The molecule has 0 bridgehead atoms. The van der Waals surface area contributed by atoms with Gasteiger partial charge in [0, 0.05) is 5.41 Å². The molecular formula is C13H26OS. The normalized spacial score (nSPS) is 11.7. The topological polar surface area (TPSA) is 17.1 Å². The first-order valence-corrected chi connectivity index (χ1v) is 7.25. The van der Waals surface area contributed by atoms with Crippen LogP contribution in [0.3, 0.4) is 0 Å². The number of unbranched alkanes of at least 4 members (excludes halogenated alkanes) is 4. The molecule has 0 aliphatic heterocycles. The average Bonchev–Trinajstić information content (AvgIpc) is 2.14. The molecule has 0 unspecified atom stereocenters. The second-order valence-corrected chi connectivity index (χ2v) is 6.25. The van der Waals surface area contributed by atoms with Gasteiger partial charge in [-0.2, -0.15) is 11.8 Å². The van der Waals surface area contributed by atoms with Crippen LogP contribution in [0, 0.1) is 5.41 Å². The zero-order valence-electron chi connectivity index (χ0n) is 10.8. The number of hydrogen-bond acceptors (Lipinski definition) is 2. The number of carbonyl (C=O) groups excluding carboxylic acids is 1. The minimum absolute atomic E-state index is 0.158. The molecule has 0 saturated carbocycles. The second-order valence-electron chi connectivity index (χ2n) is 5.14. The summed E-state index contributed by atoms with van der Waals surface area (Å²) in [6.45, 7) is 8.22. The predicted octanol–water partition coefficient (Wildman–Crippen LogP) is 4.31. The van der Waals surface area contributed by atoms with E-state index in [1.54, 1.807) is 11.8 Å². The lowest BCUT2D eigenvalue weighted by Gasteiger charge is -2.15. The largest absolute Gasteiger partial charge is 0.298 e. The highest BCUT2D eigenvalue weighted by atomic mass is 32.2. The Hall–Kier alpha value is 0.0200. The van der Waals surface area contributed by atoms with Gasteiger partial charge >= 0.3 is 0 Å². The van der Waals surface area contributed by atoms with Crippen molar-refractivity contribution in [2.45, 2.75) is 59.8 Å². The summed E-state index contributed by atoms with van der Waals surface area (Å²) < 4.78 is 0. The van der Waals surface area contributed by atoms with Gasteiger partial charge in [0.2, 0.25) is 0 Å². The van der Waals surface area contributed by atoms with Crippen LogP contribution in [0.1, 0.15) is 59.8 Å². The van der Waals surface area contributed by atoms with Gasteiger partial charge in [0.25, 0.3) is 0 Å². The third kappa shape index (κ3) is 8.98. The van der Waals surface area contributed by atoms with Crippen LogP contribution in [0.25, 0.3) is 0 Å². The minimum atomic E-state index is -0.158. The van der Waals surface area contributed by atoms with Crippen LogP contribution >= 0.6 is 11.8 Å². The Kier molecular flexibility index (Phi) is 8.22. The number of Topliss-reactive ketones (excluding diaryl/α,β-unsaturated/α-hetero) is 1. The fraction of sp³-hybridized carbons (Fsp3) is 0.923. The monoisotopic (exact) mass is 230 g/mol. The summed E-state index contributed by atoms with van der Waals surface area (Å²) >= 11 is 1.80. The van der Waals surface area contributed by atoms with E-state index in [1.165, 1.54) is 32.1 Å². The third-order valence-corrected chi connectivity index (χ3v) is 3.51. The molecule has 0 amide bonds. The van der Waals surface area contributed by atoms with Gasteiger partial charge in [-0.25, -0.2) is 0 Å². The molecule has 2 heteroatoms. The van der Waals surface area contributed by atoms with Gasteiger partial charge in [0.05, 0.1) is 5.75 Å². The number of hydrogen-bond donors (Lipinski definition) is 0. The minimum Gasteiger partial charge on any atom is -0.298 e. The quantitative estimate of drug-likeness (QED) is 0.578. The first-order chi connectivity index (χ1) is 6.98. The highest BCUT2D eigenvalue weighted by Crippen LogP contribution is 2.18. The molecule has 0 fully saturated rings. The number of thioether (sulfide) groups is 1. The molecular weight excluding hydrogens is 204 g/mol. The zero-order chi connectivity index (χ0) is 11.7. The van der Waals surface area contributed by atoms with Crippen molar-refractivity contribution >= 4 is 17.5 Å². The van der Waals surface area contributed by atoms with Gasteiger partial charge < -0.3 is 0 Å². The van der Waals surface area contributed by atoms with Crippen LogP contribution in [0.4, 0.5) is 0 Å². The summed E-state index contributed by atoms with van der Waals surface area (Å²) in [7, 11) is 0. The fourth-order valence-electron chi connectivity index (χ4n) is 1.19. The number of ketones is 1. The van der Waals surface area contributed by atoms with Gasteiger partial charge in [0.15, 0.2) is 0 Å². The van der Waals surface area contributed by atoms with E-state index in [9.17, 15) is 4.79 Å². The molecule has 1 nitrogen and oxygen atoms in total. The summed E-state index contributed by atoms with van der Waals surface area (Å²) in [6, 6.07) is 0. The first kappa shape index (κ1) is 15.0. The Balaban J connectivity index is 3.28. The Labute approximate surface area is 99.4 Å². The summed E-state index contributed by atoms with van der Waals surface area (Å²) in [4.78, 5) is 11.6. The van der Waals surface area contributed by atoms with E-state index in [4.69, 9.17) is 0 Å². The molecule has 0 heterocycles. The summed E-state index contributed by atoms with van der Waals surface area (Å²) in [5, 5.41) is 0. The van der Waals surface area contributed by atoms with Crippen molar-refractivity contribution in [2.75, 3.05) is 11.5 Å². The van der Waals surface area contributed by atoms with Gasteiger partial charge in [0.1, 0.15) is 5.78 Å². The van der Waals surface area contributed by atoms with E-state index in [0.717, 1.165) is 5.75 Å². The van der Waals surface area contributed by atoms with E-state index < -0.39 is 0 Å². The fourth-order valence-corrected chi connectivity index (χ4v) is 2.36. The van der Waals surface area contributed by atoms with Crippen LogP contribution < -0.4 is 0 Å². The lowest BCUT2D eigenvalue weighted by molar-refractivity contribution is -0.123. The van der Waals surface area contributed by atoms with Crippen LogP contribution in [0.2, 0.25) is 0 Å². The lowest BCUT2D eigenvalue weighted by atomic mass is 9.92. The molecule has 0 radical (unpaired) electrons. The van der Waals surface area contributed by atoms with Crippen molar-refractivity contribution in [1.82, 2.24) is 0 Å². The SMILES string of the molecule is CCCCCCCSCC(=O)C(C)(C)C. The van der Waals surface area contributed by atoms with Crippen molar-refractivity contribution < 1.29 is 4.79 Å². The van der Waals surface area contributed by atoms with E-state index in [0.29, 0.717) is 11.5 Å². The maximum absolute atomic E-state index is 11.6. The molecule has 0 spiro atoms. The van der Waals surface area contributed by atoms with E-state index >= 15 is 0 Å². The maximum atomic E-state index is 11.6. The molecule has 0 saturated heterocycles. The molecule has 0 rings (SSSR count). The first-order valence-electron chi connectivity index (χ1n) is 6.09. The Morgan fingerprint density at radius 3 is 2.20 bits per heavy atom. The van der Waals surface area contributed by atoms with Crippen molar-refractivity contribution in [3.05, 3.63) is 0 Å². The smallest absolute Gasteiger partial charge is 0.148 e. The Morgan fingerprint density at radius 1 is 1.07 bits per heavy atom. The van der Waals surface area contributed by atoms with Gasteiger partial charge in [-0.3, -0.25) is 4.79 Å². The number of rotatable bonds is 8. The Bertz CT molecular complexity index is 170. The van der Waals surface area contributed by atoms with Crippen molar-refractivity contribution in [3.63, 3.8) is 0 Å². The Morgan fingerprint density at radius 2 is 1.67 bits per heavy atom. The van der Waals surface area contributed by atoms with Gasteiger partial charge in [-0.05, 0) is 12.2 Å². The molecule has 0 aromatic rings. The van der Waals surface area contributed by atoms with Crippen LogP contribution in [-0.2, 0) is 4.79 Å². The average molecular weight is 230 g/mol. The molecule has 0 N–H and O–H groups in total. The zero-order valence-corrected chi connectivity index (χ0v) is 11.6. The highest BCUT2D eigenvalue weighted by Gasteiger charge is 2.20. The van der Waals surface area contributed by atoms with E-state index in [2.05, 4.69) is 6.92 Å². The molecule has 0 aliphatic rings. The van der Waals surface area contributed by atoms with Crippen molar-refractivity contribution in [3.8, 4) is 0 Å². The summed E-state index contributed by atoms with van der Waals surface area (Å²) in [5.41, 5.74) is -0.158. The number of carbonyl (C=O) groups is 1. The molecule has 0 aromatic heterocycles. The van der Waals surface area contributed by atoms with Crippen LogP contribution in [-0.4, -0.2) is 17.3 Å². The molecule has 90 valence electrons. The van der Waals surface area contributed by atoms with E-state index in [-0.39, 0.29) is 5.41 Å². The lowest BCUT2D eigenvalue weighted by Crippen LogP contribution is -2.22. The second kappa shape index (κ2) is 8.20. The van der Waals surface area contributed by atoms with Crippen molar-refractivity contribution in [2.24, 2.45) is 5.41 Å². The highest BCUT2D eigenvalue weighted by molar-refractivity contribution is 7.99. The maximum Gasteiger partial charge on any atom is 0.148 e. The molecule has 0 aliphatic carbocycles. The predicted molar refractivity (Wildman–Crippen MR) is 70.5 cm³/mol. The summed E-state index contributed by atoms with van der Waals surface area (Å²) in [6.07, 6.45) is 6.60. The summed E-state index contributed by atoms with van der Waals surface area (Å²) in [5.74, 6) is 2.21. The van der Waals surface area contributed by atoms with Crippen molar-refractivity contribution in [1.29, 1.82) is 0 Å². The van der Waals surface area contributed by atoms with E-state index in [1.807, 2.05) is 20.8 Å². The molecule has 15 heavy (non-hydrogen) atoms. The van der Waals surface area contributed by atoms with Crippen LogP contribution in [0.5, 0.6) is 0 Å².